The van der Waals surface area contributed by atoms with Crippen LogP contribution in [0.25, 0.3) is 0 Å². The molecule has 2 amide bonds. The largest absolute Gasteiger partial charge is 0.366 e. The number of benzene rings is 2. The van der Waals surface area contributed by atoms with E-state index >= 15 is 0 Å². The predicted octanol–water partition coefficient (Wildman–Crippen LogP) is 1.57. The second-order valence-electron chi connectivity index (χ2n) is 4.12. The fourth-order valence-electron chi connectivity index (χ4n) is 1.66. The number of carbonyl (C=O) groups is 2. The molecule has 2 aromatic rings. The summed E-state index contributed by atoms with van der Waals surface area (Å²) in [5.74, 6) is -0.828. The van der Waals surface area contributed by atoms with Crippen molar-refractivity contribution in [2.75, 3.05) is 5.43 Å². The van der Waals surface area contributed by atoms with Gasteiger partial charge in [-0.1, -0.05) is 30.3 Å². The van der Waals surface area contributed by atoms with Gasteiger partial charge in [-0.05, 0) is 24.3 Å². The number of rotatable bonds is 5. The minimum absolute atomic E-state index is 0.274. The van der Waals surface area contributed by atoms with Gasteiger partial charge in [0, 0.05) is 5.56 Å². The molecular formula is C15H14N4O2. The van der Waals surface area contributed by atoms with Crippen molar-refractivity contribution >= 4 is 23.8 Å². The van der Waals surface area contributed by atoms with Gasteiger partial charge >= 0.3 is 0 Å². The van der Waals surface area contributed by atoms with Gasteiger partial charge in [-0.15, -0.1) is 0 Å². The highest BCUT2D eigenvalue weighted by molar-refractivity contribution is 6.01. The van der Waals surface area contributed by atoms with Gasteiger partial charge < -0.3 is 11.1 Å². The maximum atomic E-state index is 11.7. The molecule has 0 aromatic heterocycles. The lowest BCUT2D eigenvalue weighted by atomic mass is 10.2. The molecule has 0 atom stereocenters. The number of nitrogens with two attached hydrogens (primary N) is 1. The van der Waals surface area contributed by atoms with Crippen LogP contribution in [-0.2, 0) is 0 Å². The number of para-hydroxylation sites is 1. The van der Waals surface area contributed by atoms with Crippen molar-refractivity contribution in [3.8, 4) is 0 Å². The zero-order chi connectivity index (χ0) is 15.1. The topological polar surface area (TPSA) is 96.6 Å². The van der Waals surface area contributed by atoms with Crippen molar-refractivity contribution in [3.63, 3.8) is 0 Å². The summed E-state index contributed by atoms with van der Waals surface area (Å²) >= 11 is 0. The minimum atomic E-state index is -0.554. The third-order valence-electron chi connectivity index (χ3n) is 2.67. The van der Waals surface area contributed by atoms with E-state index < -0.39 is 5.91 Å². The summed E-state index contributed by atoms with van der Waals surface area (Å²) in [7, 11) is 0. The lowest BCUT2D eigenvalue weighted by Gasteiger charge is -2.05. The van der Waals surface area contributed by atoms with Crippen molar-refractivity contribution < 1.29 is 9.59 Å². The average Bonchev–Trinajstić information content (AvgIpc) is 2.52. The number of hydrogen-bond donors (Lipinski definition) is 3. The molecule has 0 fully saturated rings. The number of nitrogens with one attached hydrogen (secondary N) is 2. The Balaban J connectivity index is 1.95. The number of hydrazone groups is 1. The molecule has 2 rings (SSSR count). The molecule has 4 N–H and O–H groups in total. The monoisotopic (exact) mass is 282 g/mol. The standard InChI is InChI=1S/C15H14N4O2/c16-14(20)12-8-4-5-9-13(12)19-18-10-17-15(21)11-6-2-1-3-7-11/h1-10,19H,(H2,16,20)(H,17,18,21). The molecule has 0 heterocycles. The Hall–Kier alpha value is -3.15. The molecule has 0 spiro atoms. The summed E-state index contributed by atoms with van der Waals surface area (Å²) in [4.78, 5) is 22.9. The molecule has 0 aliphatic heterocycles. The zero-order valence-corrected chi connectivity index (χ0v) is 11.1. The molecule has 0 saturated heterocycles. The van der Waals surface area contributed by atoms with Gasteiger partial charge in [0.25, 0.3) is 11.8 Å². The first-order valence-electron chi connectivity index (χ1n) is 6.21. The average molecular weight is 282 g/mol. The Morgan fingerprint density at radius 1 is 1.00 bits per heavy atom. The van der Waals surface area contributed by atoms with Crippen LogP contribution in [0.3, 0.4) is 0 Å². The van der Waals surface area contributed by atoms with Crippen molar-refractivity contribution in [3.05, 3.63) is 65.7 Å². The summed E-state index contributed by atoms with van der Waals surface area (Å²) in [5.41, 5.74) is 9.22. The van der Waals surface area contributed by atoms with E-state index in [4.69, 9.17) is 5.73 Å². The second kappa shape index (κ2) is 6.85. The van der Waals surface area contributed by atoms with Crippen LogP contribution in [0.1, 0.15) is 20.7 Å². The van der Waals surface area contributed by atoms with Gasteiger partial charge in [-0.25, -0.2) is 0 Å². The number of nitrogens with zero attached hydrogens (tertiary/aromatic N) is 1. The Morgan fingerprint density at radius 2 is 1.67 bits per heavy atom. The van der Waals surface area contributed by atoms with Gasteiger partial charge in [0.1, 0.15) is 6.34 Å². The van der Waals surface area contributed by atoms with Gasteiger partial charge in [0.05, 0.1) is 11.3 Å². The van der Waals surface area contributed by atoms with Gasteiger partial charge in [0.2, 0.25) is 0 Å². The van der Waals surface area contributed by atoms with E-state index in [2.05, 4.69) is 15.8 Å². The summed E-state index contributed by atoms with van der Waals surface area (Å²) in [5, 5.41) is 6.34. The van der Waals surface area contributed by atoms with Crippen molar-refractivity contribution in [1.29, 1.82) is 0 Å². The summed E-state index contributed by atoms with van der Waals surface area (Å²) in [6, 6.07) is 15.4. The molecular weight excluding hydrogens is 268 g/mol. The maximum absolute atomic E-state index is 11.7. The van der Waals surface area contributed by atoms with Crippen LogP contribution in [0.15, 0.2) is 59.7 Å². The van der Waals surface area contributed by atoms with E-state index in [0.717, 1.165) is 0 Å². The minimum Gasteiger partial charge on any atom is -0.366 e. The third kappa shape index (κ3) is 3.90. The first-order chi connectivity index (χ1) is 10.2. The molecule has 6 heteroatoms. The van der Waals surface area contributed by atoms with Gasteiger partial charge in [-0.2, -0.15) is 5.10 Å². The first kappa shape index (κ1) is 14.3. The molecule has 0 unspecified atom stereocenters. The van der Waals surface area contributed by atoms with Crippen LogP contribution in [0, 0.1) is 0 Å². The number of anilines is 1. The zero-order valence-electron chi connectivity index (χ0n) is 11.1. The Bertz CT molecular complexity index is 668. The van der Waals surface area contributed by atoms with Crippen LogP contribution in [0.2, 0.25) is 0 Å². The molecule has 106 valence electrons. The van der Waals surface area contributed by atoms with E-state index in [1.807, 2.05) is 6.07 Å². The summed E-state index contributed by atoms with van der Waals surface area (Å²) < 4.78 is 0. The molecule has 0 aliphatic rings. The number of carbonyl (C=O) groups excluding carboxylic acids is 2. The van der Waals surface area contributed by atoms with Crippen molar-refractivity contribution in [2.45, 2.75) is 0 Å². The van der Waals surface area contributed by atoms with E-state index in [-0.39, 0.29) is 5.91 Å². The van der Waals surface area contributed by atoms with Crippen molar-refractivity contribution in [2.24, 2.45) is 10.8 Å². The van der Waals surface area contributed by atoms with E-state index in [0.29, 0.717) is 16.8 Å². The van der Waals surface area contributed by atoms with Crippen LogP contribution in [0.4, 0.5) is 5.69 Å². The second-order valence-corrected chi connectivity index (χ2v) is 4.12. The molecule has 0 aliphatic carbocycles. The van der Waals surface area contributed by atoms with E-state index in [9.17, 15) is 9.59 Å². The molecule has 0 radical (unpaired) electrons. The molecule has 21 heavy (non-hydrogen) atoms. The lowest BCUT2D eigenvalue weighted by molar-refractivity contribution is 0.0975. The summed E-state index contributed by atoms with van der Waals surface area (Å²) in [6.45, 7) is 0. The highest BCUT2D eigenvalue weighted by Crippen LogP contribution is 2.13. The quantitative estimate of drug-likeness (QED) is 0.441. The highest BCUT2D eigenvalue weighted by atomic mass is 16.2. The third-order valence-corrected chi connectivity index (χ3v) is 2.67. The molecule has 2 aromatic carbocycles. The number of hydrogen-bond acceptors (Lipinski definition) is 4. The molecule has 6 nitrogen and oxygen atoms in total. The maximum Gasteiger partial charge on any atom is 0.256 e. The summed E-state index contributed by atoms with van der Waals surface area (Å²) in [6.07, 6.45) is 1.22. The van der Waals surface area contributed by atoms with Crippen LogP contribution < -0.4 is 16.5 Å². The van der Waals surface area contributed by atoms with Crippen LogP contribution in [0.5, 0.6) is 0 Å². The predicted molar refractivity (Wildman–Crippen MR) is 81.0 cm³/mol. The van der Waals surface area contributed by atoms with Crippen LogP contribution >= 0.6 is 0 Å². The fourth-order valence-corrected chi connectivity index (χ4v) is 1.66. The normalized spacial score (nSPS) is 10.3. The number of primary amides is 1. The molecule has 0 bridgehead atoms. The Kier molecular flexibility index (Phi) is 4.66. The first-order valence-corrected chi connectivity index (χ1v) is 6.21. The fraction of sp³-hybridized carbons (Fsp3) is 0. The molecule has 0 saturated carbocycles. The highest BCUT2D eigenvalue weighted by Gasteiger charge is 2.05. The van der Waals surface area contributed by atoms with Crippen LogP contribution in [-0.4, -0.2) is 18.2 Å². The SMILES string of the molecule is NC(=O)c1ccccc1NN=CNC(=O)c1ccccc1. The van der Waals surface area contributed by atoms with E-state index in [1.54, 1.807) is 48.5 Å². The van der Waals surface area contributed by atoms with Gasteiger partial charge in [-0.3, -0.25) is 15.0 Å². The number of amides is 2. The Labute approximate surface area is 121 Å². The van der Waals surface area contributed by atoms with Gasteiger partial charge in [0.15, 0.2) is 0 Å². The Morgan fingerprint density at radius 3 is 2.38 bits per heavy atom. The smallest absolute Gasteiger partial charge is 0.256 e. The lowest BCUT2D eigenvalue weighted by Crippen LogP contribution is -2.22. The van der Waals surface area contributed by atoms with Crippen molar-refractivity contribution in [1.82, 2.24) is 5.32 Å². The van der Waals surface area contributed by atoms with E-state index in [1.165, 1.54) is 6.34 Å².